The van der Waals surface area contributed by atoms with E-state index in [0.717, 1.165) is 50.2 Å². The smallest absolute Gasteiger partial charge is 0.160 e. The molecule has 0 unspecified atom stereocenters. The van der Waals surface area contributed by atoms with E-state index in [0.29, 0.717) is 5.82 Å². The van der Waals surface area contributed by atoms with Gasteiger partial charge in [-0.25, -0.2) is 9.97 Å². The first kappa shape index (κ1) is 30.3. The summed E-state index contributed by atoms with van der Waals surface area (Å²) in [7, 11) is 0. The largest absolute Gasteiger partial charge is 0.309 e. The summed E-state index contributed by atoms with van der Waals surface area (Å²) >= 11 is 0. The van der Waals surface area contributed by atoms with Crippen LogP contribution in [-0.2, 0) is 0 Å². The van der Waals surface area contributed by atoms with Crippen molar-refractivity contribution in [3.63, 3.8) is 0 Å². The van der Waals surface area contributed by atoms with Gasteiger partial charge >= 0.3 is 0 Å². The van der Waals surface area contributed by atoms with Crippen LogP contribution in [0, 0.1) is 0 Å². The second kappa shape index (κ2) is 12.1. The van der Waals surface area contributed by atoms with E-state index in [1.54, 1.807) is 0 Å². The Kier molecular flexibility index (Phi) is 6.82. The first-order valence-electron chi connectivity index (χ1n) is 18.3. The maximum atomic E-state index is 5.13. The average Bonchev–Trinajstić information content (AvgIpc) is 3.77. The fraction of sp³-hybridized carbons (Fsp3) is 0. The molecule has 0 radical (unpaired) electrons. The molecule has 0 fully saturated rings. The molecule has 0 N–H and O–H groups in total. The number of fused-ring (bicyclic) bond motifs is 8. The van der Waals surface area contributed by atoms with Crippen molar-refractivity contribution < 1.29 is 0 Å². The third kappa shape index (κ3) is 4.70. The Labute approximate surface area is 311 Å². The van der Waals surface area contributed by atoms with E-state index in [2.05, 4.69) is 191 Å². The lowest BCUT2D eigenvalue weighted by molar-refractivity contribution is 1.18. The Balaban J connectivity index is 1.16. The highest BCUT2D eigenvalue weighted by Gasteiger charge is 2.21. The summed E-state index contributed by atoms with van der Waals surface area (Å²) in [6, 6.07) is 68.9. The van der Waals surface area contributed by atoms with Gasteiger partial charge in [0.1, 0.15) is 0 Å². The monoisotopic (exact) mass is 688 g/mol. The van der Waals surface area contributed by atoms with Crippen molar-refractivity contribution in [1.29, 1.82) is 0 Å². The summed E-state index contributed by atoms with van der Waals surface area (Å²) in [5, 5.41) is 7.25. The first-order chi connectivity index (χ1) is 26.8. The lowest BCUT2D eigenvalue weighted by atomic mass is 10.0. The molecule has 11 rings (SSSR count). The molecule has 0 atom stereocenters. The van der Waals surface area contributed by atoms with Crippen LogP contribution in [0.5, 0.6) is 0 Å². The quantitative estimate of drug-likeness (QED) is 0.180. The van der Waals surface area contributed by atoms with E-state index in [9.17, 15) is 0 Å². The second-order valence-electron chi connectivity index (χ2n) is 13.8. The average molecular weight is 689 g/mol. The van der Waals surface area contributed by atoms with Gasteiger partial charge in [0, 0.05) is 49.3 Å². The van der Waals surface area contributed by atoms with Crippen molar-refractivity contribution in [2.75, 3.05) is 0 Å². The molecule has 0 amide bonds. The minimum atomic E-state index is 0.704. The third-order valence-electron chi connectivity index (χ3n) is 10.7. The fourth-order valence-corrected chi connectivity index (χ4v) is 8.30. The number of nitrogens with zero attached hydrogens (tertiary/aromatic N) is 4. The highest BCUT2D eigenvalue weighted by Crippen LogP contribution is 2.43. The van der Waals surface area contributed by atoms with Crippen LogP contribution in [0.2, 0.25) is 0 Å². The van der Waals surface area contributed by atoms with Gasteiger partial charge < -0.3 is 9.13 Å². The van der Waals surface area contributed by atoms with Crippen molar-refractivity contribution in [2.24, 2.45) is 0 Å². The molecule has 8 aromatic carbocycles. The topological polar surface area (TPSA) is 35.6 Å². The third-order valence-corrected chi connectivity index (χ3v) is 10.7. The van der Waals surface area contributed by atoms with Gasteiger partial charge in [0.2, 0.25) is 0 Å². The molecule has 0 spiro atoms. The number of rotatable bonds is 5. The zero-order chi connectivity index (χ0) is 35.6. The van der Waals surface area contributed by atoms with Crippen LogP contribution < -0.4 is 0 Å². The lowest BCUT2D eigenvalue weighted by Crippen LogP contribution is -1.98. The maximum Gasteiger partial charge on any atom is 0.160 e. The van der Waals surface area contributed by atoms with Crippen molar-refractivity contribution >= 4 is 54.4 Å². The highest BCUT2D eigenvalue weighted by molar-refractivity contribution is 6.26. The standard InChI is InChI=1S/C50H32N4/c1-4-15-33(16-5-1)42-32-43(34-17-6-2-7-18-34)52-50(51-42)36-27-28-38-35(31-36)19-14-26-44(38)54-45-24-12-10-22-39(45)40-29-30-47-48(49(40)54)41-23-11-13-25-46(41)53(47)37-20-8-3-9-21-37/h1-32H. The highest BCUT2D eigenvalue weighted by atomic mass is 15.0. The molecular weight excluding hydrogens is 657 g/mol. The molecule has 3 heterocycles. The van der Waals surface area contributed by atoms with Crippen LogP contribution in [-0.4, -0.2) is 19.1 Å². The van der Waals surface area contributed by atoms with Gasteiger partial charge in [-0.3, -0.25) is 0 Å². The minimum Gasteiger partial charge on any atom is -0.309 e. The fourth-order valence-electron chi connectivity index (χ4n) is 8.30. The molecule has 3 aromatic heterocycles. The van der Waals surface area contributed by atoms with Crippen LogP contribution >= 0.6 is 0 Å². The predicted octanol–water partition coefficient (Wildman–Crippen LogP) is 12.8. The van der Waals surface area contributed by atoms with Gasteiger partial charge in [-0.1, -0.05) is 146 Å². The van der Waals surface area contributed by atoms with Gasteiger partial charge in [0.25, 0.3) is 0 Å². The summed E-state index contributed by atoms with van der Waals surface area (Å²) in [6.45, 7) is 0. The maximum absolute atomic E-state index is 5.13. The molecule has 0 saturated heterocycles. The van der Waals surface area contributed by atoms with E-state index in [1.807, 2.05) is 12.1 Å². The van der Waals surface area contributed by atoms with Crippen LogP contribution in [0.25, 0.3) is 99.7 Å². The van der Waals surface area contributed by atoms with Gasteiger partial charge in [-0.2, -0.15) is 0 Å². The van der Waals surface area contributed by atoms with Crippen molar-refractivity contribution in [2.45, 2.75) is 0 Å². The van der Waals surface area contributed by atoms with Gasteiger partial charge in [-0.15, -0.1) is 0 Å². The lowest BCUT2D eigenvalue weighted by Gasteiger charge is -2.14. The summed E-state index contributed by atoms with van der Waals surface area (Å²) in [5.74, 6) is 0.704. The molecule has 0 aliphatic rings. The summed E-state index contributed by atoms with van der Waals surface area (Å²) in [4.78, 5) is 10.3. The minimum absolute atomic E-state index is 0.704. The normalized spacial score (nSPS) is 11.7. The van der Waals surface area contributed by atoms with E-state index in [-0.39, 0.29) is 0 Å². The zero-order valence-corrected chi connectivity index (χ0v) is 29.3. The molecule has 11 aromatic rings. The number of hydrogen-bond acceptors (Lipinski definition) is 2. The number of aromatic nitrogens is 4. The van der Waals surface area contributed by atoms with E-state index in [4.69, 9.17) is 9.97 Å². The van der Waals surface area contributed by atoms with Crippen LogP contribution in [0.3, 0.4) is 0 Å². The summed E-state index contributed by atoms with van der Waals surface area (Å²) < 4.78 is 4.88. The Hall–Kier alpha value is -7.30. The van der Waals surface area contributed by atoms with Crippen molar-refractivity contribution in [1.82, 2.24) is 19.1 Å². The molecule has 252 valence electrons. The second-order valence-corrected chi connectivity index (χ2v) is 13.8. The zero-order valence-electron chi connectivity index (χ0n) is 29.3. The molecule has 4 nitrogen and oxygen atoms in total. The summed E-state index contributed by atoms with van der Waals surface area (Å²) in [6.07, 6.45) is 0. The Morgan fingerprint density at radius 2 is 0.944 bits per heavy atom. The molecule has 0 aliphatic carbocycles. The molecular formula is C50H32N4. The number of para-hydroxylation sites is 3. The van der Waals surface area contributed by atoms with Gasteiger partial charge in [0.05, 0.1) is 39.1 Å². The predicted molar refractivity (Wildman–Crippen MR) is 225 cm³/mol. The van der Waals surface area contributed by atoms with E-state index < -0.39 is 0 Å². The Morgan fingerprint density at radius 3 is 1.65 bits per heavy atom. The van der Waals surface area contributed by atoms with E-state index in [1.165, 1.54) is 43.6 Å². The summed E-state index contributed by atoms with van der Waals surface area (Å²) in [5.41, 5.74) is 12.0. The van der Waals surface area contributed by atoms with E-state index >= 15 is 0 Å². The van der Waals surface area contributed by atoms with Crippen LogP contribution in [0.1, 0.15) is 0 Å². The number of hydrogen-bond donors (Lipinski definition) is 0. The molecule has 54 heavy (non-hydrogen) atoms. The molecule has 4 heteroatoms. The van der Waals surface area contributed by atoms with Crippen molar-refractivity contribution in [3.05, 3.63) is 194 Å². The SMILES string of the molecule is c1ccc(-c2cc(-c3ccccc3)nc(-c3ccc4c(-n5c6ccccc6c6ccc7c(c8ccccc8n7-c7ccccc7)c65)cccc4c3)n2)cc1. The molecule has 0 bridgehead atoms. The van der Waals surface area contributed by atoms with Gasteiger partial charge in [0.15, 0.2) is 5.82 Å². The van der Waals surface area contributed by atoms with Crippen LogP contribution in [0.4, 0.5) is 0 Å². The number of benzene rings is 8. The van der Waals surface area contributed by atoms with Crippen LogP contribution in [0.15, 0.2) is 194 Å². The molecule has 0 saturated carbocycles. The first-order valence-corrected chi connectivity index (χ1v) is 18.3. The van der Waals surface area contributed by atoms with Gasteiger partial charge in [-0.05, 0) is 53.9 Å². The van der Waals surface area contributed by atoms with Crippen molar-refractivity contribution in [3.8, 4) is 45.3 Å². The Bertz CT molecular complexity index is 3140. The molecule has 0 aliphatic heterocycles. The Morgan fingerprint density at radius 1 is 0.352 bits per heavy atom.